The predicted molar refractivity (Wildman–Crippen MR) is 104 cm³/mol. The van der Waals surface area contributed by atoms with Crippen LogP contribution in [0, 0.1) is 5.82 Å². The minimum Gasteiger partial charge on any atom is -0.371 e. The zero-order chi connectivity index (χ0) is 19.1. The molecule has 0 radical (unpaired) electrons. The summed E-state index contributed by atoms with van der Waals surface area (Å²) in [6, 6.07) is 15.1. The van der Waals surface area contributed by atoms with E-state index in [1.807, 2.05) is 36.4 Å². The van der Waals surface area contributed by atoms with Crippen LogP contribution in [0.4, 0.5) is 10.1 Å². The van der Waals surface area contributed by atoms with Gasteiger partial charge >= 0.3 is 0 Å². The molecule has 0 saturated carbocycles. The Morgan fingerprint density at radius 1 is 1.15 bits per heavy atom. The molecule has 0 unspecified atom stereocenters. The highest BCUT2D eigenvalue weighted by atomic mass is 19.1. The van der Waals surface area contributed by atoms with Gasteiger partial charge in [-0.2, -0.15) is 0 Å². The summed E-state index contributed by atoms with van der Waals surface area (Å²) < 4.78 is 13.7. The number of halogens is 1. The first-order chi connectivity index (χ1) is 13.2. The van der Waals surface area contributed by atoms with E-state index < -0.39 is 5.91 Å². The number of carbonyl (C=O) groups excluding carboxylic acids is 1. The lowest BCUT2D eigenvalue weighted by Gasteiger charge is -2.35. The molecule has 0 aliphatic carbocycles. The van der Waals surface area contributed by atoms with Crippen molar-refractivity contribution in [1.82, 2.24) is 10.8 Å². The summed E-state index contributed by atoms with van der Waals surface area (Å²) in [7, 11) is 0. The molecule has 0 aromatic heterocycles. The van der Waals surface area contributed by atoms with E-state index in [-0.39, 0.29) is 5.82 Å². The van der Waals surface area contributed by atoms with Gasteiger partial charge in [-0.15, -0.1) is 0 Å². The Labute approximate surface area is 158 Å². The van der Waals surface area contributed by atoms with Gasteiger partial charge < -0.3 is 10.2 Å². The van der Waals surface area contributed by atoms with Crippen molar-refractivity contribution < 1.29 is 14.4 Å². The Balaban J connectivity index is 1.57. The van der Waals surface area contributed by atoms with E-state index >= 15 is 0 Å². The molecule has 0 bridgehead atoms. The minimum absolute atomic E-state index is 0.171. The maximum atomic E-state index is 13.7. The number of carbonyl (C=O) groups is 1. The van der Waals surface area contributed by atoms with Crippen LogP contribution in [0.5, 0.6) is 0 Å². The number of anilines is 1. The smallest absolute Gasteiger partial charge is 0.267 e. The monoisotopic (exact) mass is 369 g/mol. The number of hydrogen-bond donors (Lipinski definition) is 3. The fraction of sp³-hybridized carbons (Fsp3) is 0.286. The van der Waals surface area contributed by atoms with E-state index in [0.29, 0.717) is 18.2 Å². The fourth-order valence-corrected chi connectivity index (χ4v) is 3.34. The molecule has 1 heterocycles. The van der Waals surface area contributed by atoms with Crippen LogP contribution in [0.2, 0.25) is 0 Å². The number of piperidine rings is 1. The number of hydrogen-bond acceptors (Lipinski definition) is 4. The normalized spacial score (nSPS) is 15.3. The van der Waals surface area contributed by atoms with E-state index in [4.69, 9.17) is 5.21 Å². The Morgan fingerprint density at radius 3 is 2.59 bits per heavy atom. The average Bonchev–Trinajstić information content (AvgIpc) is 2.72. The number of benzene rings is 2. The number of rotatable bonds is 6. The number of nitrogens with one attached hydrogen (secondary N) is 2. The summed E-state index contributed by atoms with van der Waals surface area (Å²) in [5.41, 5.74) is 4.28. The molecular formula is C21H24FN3O2. The Morgan fingerprint density at radius 2 is 1.85 bits per heavy atom. The van der Waals surface area contributed by atoms with E-state index in [1.165, 1.54) is 12.1 Å². The largest absolute Gasteiger partial charge is 0.371 e. The SMILES string of the molecule is O=C(C=Cc1ccccc1N1CCC(NCc2ccccc2F)CC1)NO. The maximum absolute atomic E-state index is 13.7. The van der Waals surface area contributed by atoms with Crippen LogP contribution >= 0.6 is 0 Å². The molecule has 3 N–H and O–H groups in total. The molecule has 142 valence electrons. The molecule has 1 fully saturated rings. The molecule has 5 nitrogen and oxygen atoms in total. The first-order valence-corrected chi connectivity index (χ1v) is 9.10. The van der Waals surface area contributed by atoms with Gasteiger partial charge in [-0.1, -0.05) is 36.4 Å². The van der Waals surface area contributed by atoms with Crippen molar-refractivity contribution in [1.29, 1.82) is 0 Å². The van der Waals surface area contributed by atoms with Gasteiger partial charge in [0.1, 0.15) is 5.82 Å². The third-order valence-electron chi connectivity index (χ3n) is 4.84. The first-order valence-electron chi connectivity index (χ1n) is 9.10. The van der Waals surface area contributed by atoms with Crippen molar-refractivity contribution in [2.24, 2.45) is 0 Å². The lowest BCUT2D eigenvalue weighted by molar-refractivity contribution is -0.124. The molecule has 2 aromatic rings. The van der Waals surface area contributed by atoms with Crippen LogP contribution in [0.15, 0.2) is 54.6 Å². The molecule has 1 aliphatic heterocycles. The average molecular weight is 369 g/mol. The second kappa shape index (κ2) is 9.30. The van der Waals surface area contributed by atoms with Crippen molar-refractivity contribution >= 4 is 17.7 Å². The van der Waals surface area contributed by atoms with Crippen molar-refractivity contribution in [2.45, 2.75) is 25.4 Å². The lowest BCUT2D eigenvalue weighted by atomic mass is 10.0. The first kappa shape index (κ1) is 19.1. The highest BCUT2D eigenvalue weighted by Crippen LogP contribution is 2.25. The molecule has 0 atom stereocenters. The number of para-hydroxylation sites is 1. The topological polar surface area (TPSA) is 64.6 Å². The van der Waals surface area contributed by atoms with Crippen LogP contribution in [-0.2, 0) is 11.3 Å². The van der Waals surface area contributed by atoms with Gasteiger partial charge in [0, 0.05) is 43.0 Å². The zero-order valence-electron chi connectivity index (χ0n) is 15.1. The van der Waals surface area contributed by atoms with Crippen molar-refractivity contribution in [3.05, 3.63) is 71.6 Å². The van der Waals surface area contributed by atoms with Gasteiger partial charge in [0.05, 0.1) is 0 Å². The molecular weight excluding hydrogens is 345 g/mol. The highest BCUT2D eigenvalue weighted by molar-refractivity contribution is 5.91. The van der Waals surface area contributed by atoms with E-state index in [1.54, 1.807) is 17.6 Å². The molecule has 1 amide bonds. The summed E-state index contributed by atoms with van der Waals surface area (Å²) in [5, 5.41) is 12.1. The van der Waals surface area contributed by atoms with Crippen LogP contribution < -0.4 is 15.7 Å². The van der Waals surface area contributed by atoms with Crippen molar-refractivity contribution in [3.8, 4) is 0 Å². The second-order valence-electron chi connectivity index (χ2n) is 6.60. The van der Waals surface area contributed by atoms with Gasteiger partial charge in [-0.3, -0.25) is 10.0 Å². The van der Waals surface area contributed by atoms with Crippen LogP contribution in [0.1, 0.15) is 24.0 Å². The number of nitrogens with zero attached hydrogens (tertiary/aromatic N) is 1. The Bertz CT molecular complexity index is 802. The molecule has 27 heavy (non-hydrogen) atoms. The number of hydroxylamine groups is 1. The Hall–Kier alpha value is -2.70. The quantitative estimate of drug-likeness (QED) is 0.416. The molecule has 1 saturated heterocycles. The lowest BCUT2D eigenvalue weighted by Crippen LogP contribution is -2.42. The molecule has 0 spiro atoms. The second-order valence-corrected chi connectivity index (χ2v) is 6.60. The van der Waals surface area contributed by atoms with E-state index in [9.17, 15) is 9.18 Å². The standard InChI is InChI=1S/C21H24FN3O2/c22-19-7-3-1-6-17(19)15-23-18-11-13-25(14-12-18)20-8-4-2-5-16(20)9-10-21(26)24-27/h1-10,18,23,27H,11-15H2,(H,24,26). The van der Waals surface area contributed by atoms with Gasteiger partial charge in [-0.05, 0) is 36.6 Å². The number of amides is 1. The van der Waals surface area contributed by atoms with Gasteiger partial charge in [0.15, 0.2) is 0 Å². The fourth-order valence-electron chi connectivity index (χ4n) is 3.34. The van der Waals surface area contributed by atoms with Crippen LogP contribution in [0.25, 0.3) is 6.08 Å². The zero-order valence-corrected chi connectivity index (χ0v) is 15.1. The summed E-state index contributed by atoms with van der Waals surface area (Å²) >= 11 is 0. The predicted octanol–water partition coefficient (Wildman–Crippen LogP) is 3.10. The minimum atomic E-state index is -0.555. The van der Waals surface area contributed by atoms with Gasteiger partial charge in [0.25, 0.3) is 5.91 Å². The van der Waals surface area contributed by atoms with E-state index in [2.05, 4.69) is 10.2 Å². The maximum Gasteiger partial charge on any atom is 0.267 e. The van der Waals surface area contributed by atoms with Crippen LogP contribution in [-0.4, -0.2) is 30.2 Å². The molecule has 2 aromatic carbocycles. The third kappa shape index (κ3) is 5.15. The van der Waals surface area contributed by atoms with Crippen molar-refractivity contribution in [3.63, 3.8) is 0 Å². The highest BCUT2D eigenvalue weighted by Gasteiger charge is 2.20. The molecule has 3 rings (SSSR count). The van der Waals surface area contributed by atoms with Gasteiger partial charge in [-0.25, -0.2) is 9.87 Å². The Kier molecular flexibility index (Phi) is 6.57. The summed E-state index contributed by atoms with van der Waals surface area (Å²) in [5.74, 6) is -0.726. The third-order valence-corrected chi connectivity index (χ3v) is 4.84. The van der Waals surface area contributed by atoms with E-state index in [0.717, 1.165) is 37.2 Å². The molecule has 6 heteroatoms. The summed E-state index contributed by atoms with van der Waals surface area (Å²) in [6.45, 7) is 2.30. The van der Waals surface area contributed by atoms with Gasteiger partial charge in [0.2, 0.25) is 0 Å². The van der Waals surface area contributed by atoms with Crippen molar-refractivity contribution in [2.75, 3.05) is 18.0 Å². The van der Waals surface area contributed by atoms with Crippen LogP contribution in [0.3, 0.4) is 0 Å². The molecule has 1 aliphatic rings. The summed E-state index contributed by atoms with van der Waals surface area (Å²) in [6.07, 6.45) is 4.93. The summed E-state index contributed by atoms with van der Waals surface area (Å²) in [4.78, 5) is 13.5.